The van der Waals surface area contributed by atoms with Gasteiger partial charge in [0.2, 0.25) is 5.91 Å². The van der Waals surface area contributed by atoms with Crippen LogP contribution in [0.3, 0.4) is 0 Å². The Morgan fingerprint density at radius 3 is 2.35 bits per heavy atom. The van der Waals surface area contributed by atoms with Gasteiger partial charge in [-0.2, -0.15) is 0 Å². The number of hydrogen-bond donors (Lipinski definition) is 7. The zero-order chi connectivity index (χ0) is 24.8. The van der Waals surface area contributed by atoms with Gasteiger partial charge in [0.05, 0.1) is 18.8 Å². The third kappa shape index (κ3) is 6.45. The normalized spacial score (nSPS) is 41.0. The first-order valence-corrected chi connectivity index (χ1v) is 11.8. The van der Waals surface area contributed by atoms with Crippen LogP contribution in [-0.2, 0) is 23.7 Å². The predicted octanol–water partition coefficient (Wildman–Crippen LogP) is -2.30. The molecule has 0 saturated carbocycles. The average molecular weight is 491 g/mol. The van der Waals surface area contributed by atoms with Crippen molar-refractivity contribution in [1.82, 2.24) is 10.6 Å². The van der Waals surface area contributed by atoms with Gasteiger partial charge in [0.1, 0.15) is 30.5 Å². The monoisotopic (exact) mass is 490 g/mol. The quantitative estimate of drug-likeness (QED) is 0.204. The second-order valence-corrected chi connectivity index (χ2v) is 9.02. The first kappa shape index (κ1) is 27.2. The van der Waals surface area contributed by atoms with Crippen LogP contribution in [0.5, 0.6) is 0 Å². The number of amides is 1. The van der Waals surface area contributed by atoms with Crippen LogP contribution in [0.2, 0.25) is 0 Å². The number of ether oxygens (including phenoxy) is 4. The lowest BCUT2D eigenvalue weighted by Gasteiger charge is -2.47. The first-order valence-electron chi connectivity index (χ1n) is 11.8. The molecule has 6 saturated heterocycles. The van der Waals surface area contributed by atoms with Crippen molar-refractivity contribution in [2.45, 2.75) is 87.4 Å². The fraction of sp³-hybridized carbons (Fsp3) is 0.864. The summed E-state index contributed by atoms with van der Waals surface area (Å²) in [6, 6.07) is 0. The molecule has 6 unspecified atom stereocenters. The van der Waals surface area contributed by atoms with E-state index >= 15 is 0 Å². The summed E-state index contributed by atoms with van der Waals surface area (Å²) in [5, 5.41) is 58.0. The molecule has 12 nitrogen and oxygen atoms in total. The Morgan fingerprint density at radius 2 is 1.65 bits per heavy atom. The van der Waals surface area contributed by atoms with Crippen LogP contribution in [0.15, 0.2) is 12.3 Å². The van der Waals surface area contributed by atoms with Gasteiger partial charge in [0, 0.05) is 38.2 Å². The molecule has 7 N–H and O–H groups in total. The average Bonchev–Trinajstić information content (AvgIpc) is 2.83. The van der Waals surface area contributed by atoms with Crippen LogP contribution < -0.4 is 10.6 Å². The maximum Gasteiger partial charge on any atom is 0.220 e. The fourth-order valence-electron chi connectivity index (χ4n) is 4.54. The van der Waals surface area contributed by atoms with Crippen molar-refractivity contribution in [3.8, 4) is 0 Å². The molecule has 4 bridgehead atoms. The van der Waals surface area contributed by atoms with Crippen molar-refractivity contribution in [2.24, 2.45) is 5.92 Å². The SMILES string of the molecule is C=C(CCC(=O)NCC1O[C@@H]2OC3C(CO)O[C@H](OCCCCC1[C@H](O)C2O)C(O)[C@H]3O)NC. The molecule has 196 valence electrons. The summed E-state index contributed by atoms with van der Waals surface area (Å²) < 4.78 is 22.9. The number of allylic oxidation sites excluding steroid dienone is 1. The van der Waals surface area contributed by atoms with Gasteiger partial charge in [-0.25, -0.2) is 0 Å². The lowest BCUT2D eigenvalue weighted by Crippen LogP contribution is -2.64. The molecule has 6 fully saturated rings. The summed E-state index contributed by atoms with van der Waals surface area (Å²) in [5.41, 5.74) is 0.730. The predicted molar refractivity (Wildman–Crippen MR) is 117 cm³/mol. The van der Waals surface area contributed by atoms with Gasteiger partial charge in [-0.05, 0) is 19.3 Å². The summed E-state index contributed by atoms with van der Waals surface area (Å²) in [6.07, 6.45) is -8.79. The van der Waals surface area contributed by atoms with Crippen molar-refractivity contribution in [2.75, 3.05) is 26.8 Å². The lowest BCUT2D eigenvalue weighted by atomic mass is 9.84. The van der Waals surface area contributed by atoms with E-state index in [4.69, 9.17) is 18.9 Å². The number of carbonyl (C=O) groups excluding carboxylic acids is 1. The smallest absolute Gasteiger partial charge is 0.220 e. The Bertz CT molecular complexity index is 680. The van der Waals surface area contributed by atoms with Gasteiger partial charge < -0.3 is 55.1 Å². The molecule has 10 atom stereocenters. The number of rotatable bonds is 7. The van der Waals surface area contributed by atoms with E-state index in [0.717, 1.165) is 5.70 Å². The molecular weight excluding hydrogens is 452 g/mol. The van der Waals surface area contributed by atoms with Gasteiger partial charge in [0.15, 0.2) is 12.6 Å². The summed E-state index contributed by atoms with van der Waals surface area (Å²) in [5.74, 6) is -0.701. The minimum absolute atomic E-state index is 0.0769. The fourth-order valence-corrected chi connectivity index (χ4v) is 4.54. The number of nitrogens with one attached hydrogen (secondary N) is 2. The Kier molecular flexibility index (Phi) is 10.1. The standard InChI is InChI=1S/C22H38N2O10/c1-11(23-2)6-7-15(26)24-9-13-12-5-3-4-8-31-21-19(30)17(28)20(14(10-25)33-21)34-22(32-13)18(29)16(12)27/h12-14,16-23,25,27-30H,1,3-10H2,2H3,(H,24,26)/t12?,13?,14?,16-,17+,18?,19?,20?,21-,22+/m0/s1. The third-order valence-corrected chi connectivity index (χ3v) is 6.69. The van der Waals surface area contributed by atoms with Crippen LogP contribution in [-0.4, -0.2) is 114 Å². The summed E-state index contributed by atoms with van der Waals surface area (Å²) in [4.78, 5) is 12.3. The molecule has 6 heterocycles. The van der Waals surface area contributed by atoms with Crippen LogP contribution in [0.25, 0.3) is 0 Å². The van der Waals surface area contributed by atoms with Crippen molar-refractivity contribution < 1.29 is 49.3 Å². The van der Waals surface area contributed by atoms with Crippen molar-refractivity contribution in [1.29, 1.82) is 0 Å². The zero-order valence-corrected chi connectivity index (χ0v) is 19.4. The van der Waals surface area contributed by atoms with Crippen molar-refractivity contribution in [3.63, 3.8) is 0 Å². The van der Waals surface area contributed by atoms with E-state index in [1.165, 1.54) is 0 Å². The van der Waals surface area contributed by atoms with Crippen molar-refractivity contribution in [3.05, 3.63) is 12.3 Å². The van der Waals surface area contributed by atoms with E-state index in [1.54, 1.807) is 7.05 Å². The molecule has 0 aliphatic carbocycles. The molecule has 0 aromatic carbocycles. The third-order valence-electron chi connectivity index (χ3n) is 6.69. The summed E-state index contributed by atoms with van der Waals surface area (Å²) in [7, 11) is 1.73. The van der Waals surface area contributed by atoms with E-state index in [-0.39, 0.29) is 25.5 Å². The molecule has 6 aliphatic rings. The molecule has 0 aromatic rings. The molecule has 0 radical (unpaired) electrons. The van der Waals surface area contributed by atoms with E-state index in [0.29, 0.717) is 25.7 Å². The second-order valence-electron chi connectivity index (χ2n) is 9.02. The summed E-state index contributed by atoms with van der Waals surface area (Å²) in [6.45, 7) is 3.54. The lowest BCUT2D eigenvalue weighted by molar-refractivity contribution is -0.355. The molecule has 0 aromatic heterocycles. The highest BCUT2D eigenvalue weighted by atomic mass is 16.7. The molecule has 6 aliphatic heterocycles. The second kappa shape index (κ2) is 12.6. The minimum Gasteiger partial charge on any atom is -0.394 e. The van der Waals surface area contributed by atoms with E-state index in [9.17, 15) is 30.3 Å². The number of aliphatic hydroxyl groups excluding tert-OH is 5. The molecule has 34 heavy (non-hydrogen) atoms. The minimum atomic E-state index is -1.50. The Hall–Kier alpha value is -1.35. The number of aliphatic hydroxyl groups is 5. The van der Waals surface area contributed by atoms with Crippen LogP contribution in [0.1, 0.15) is 32.1 Å². The highest BCUT2D eigenvalue weighted by Crippen LogP contribution is 2.34. The van der Waals surface area contributed by atoms with E-state index < -0.39 is 67.8 Å². The van der Waals surface area contributed by atoms with E-state index in [1.807, 2.05) is 0 Å². The van der Waals surface area contributed by atoms with Crippen molar-refractivity contribution >= 4 is 5.91 Å². The highest BCUT2D eigenvalue weighted by Gasteiger charge is 2.51. The number of carbonyl (C=O) groups is 1. The largest absolute Gasteiger partial charge is 0.394 e. The molecule has 1 amide bonds. The van der Waals surface area contributed by atoms with Gasteiger partial charge in [0.25, 0.3) is 0 Å². The Morgan fingerprint density at radius 1 is 0.941 bits per heavy atom. The maximum absolute atomic E-state index is 12.3. The van der Waals surface area contributed by atoms with E-state index in [2.05, 4.69) is 17.2 Å². The van der Waals surface area contributed by atoms with Crippen LogP contribution in [0, 0.1) is 5.92 Å². The maximum atomic E-state index is 12.3. The van der Waals surface area contributed by atoms with Gasteiger partial charge in [-0.3, -0.25) is 4.79 Å². The Balaban J connectivity index is 1.75. The first-order chi connectivity index (χ1) is 16.3. The van der Waals surface area contributed by atoms with Gasteiger partial charge in [-0.1, -0.05) is 13.0 Å². The zero-order valence-electron chi connectivity index (χ0n) is 19.4. The summed E-state index contributed by atoms with van der Waals surface area (Å²) >= 11 is 0. The molecule has 0 spiro atoms. The van der Waals surface area contributed by atoms with Crippen LogP contribution in [0.4, 0.5) is 0 Å². The highest BCUT2D eigenvalue weighted by molar-refractivity contribution is 5.76. The van der Waals surface area contributed by atoms with Gasteiger partial charge >= 0.3 is 0 Å². The Labute approximate surface area is 198 Å². The number of hydrogen-bond acceptors (Lipinski definition) is 11. The van der Waals surface area contributed by atoms with Crippen LogP contribution >= 0.6 is 0 Å². The topological polar surface area (TPSA) is 179 Å². The molecular formula is C22H38N2O10. The molecule has 6 rings (SSSR count). The van der Waals surface area contributed by atoms with Gasteiger partial charge in [-0.15, -0.1) is 0 Å². The molecule has 12 heteroatoms.